The maximum atomic E-state index is 13.0. The van der Waals surface area contributed by atoms with Crippen molar-refractivity contribution in [2.75, 3.05) is 0 Å². The van der Waals surface area contributed by atoms with E-state index in [0.29, 0.717) is 0 Å². The van der Waals surface area contributed by atoms with Crippen molar-refractivity contribution in [3.8, 4) is 11.1 Å². The van der Waals surface area contributed by atoms with E-state index in [4.69, 9.17) is 5.73 Å². The summed E-state index contributed by atoms with van der Waals surface area (Å²) in [7, 11) is 0. The summed E-state index contributed by atoms with van der Waals surface area (Å²) in [6, 6.07) is 7.60. The lowest BCUT2D eigenvalue weighted by molar-refractivity contribution is -0.384. The highest BCUT2D eigenvalue weighted by Gasteiger charge is 2.34. The third kappa shape index (κ3) is 2.90. The smallest absolute Gasteiger partial charge is 0.366 e. The molecule has 0 saturated carbocycles. The number of amides is 1. The molecule has 22 heavy (non-hydrogen) atoms. The normalized spacial score (nSPS) is 11.2. The fourth-order valence-electron chi connectivity index (χ4n) is 2.03. The van der Waals surface area contributed by atoms with E-state index >= 15 is 0 Å². The summed E-state index contributed by atoms with van der Waals surface area (Å²) in [5, 5.41) is 11.1. The Morgan fingerprint density at radius 2 is 1.73 bits per heavy atom. The van der Waals surface area contributed by atoms with Crippen LogP contribution in [-0.4, -0.2) is 10.8 Å². The van der Waals surface area contributed by atoms with Gasteiger partial charge in [0.25, 0.3) is 5.69 Å². The summed E-state index contributed by atoms with van der Waals surface area (Å²) < 4.78 is 39.1. The summed E-state index contributed by atoms with van der Waals surface area (Å²) >= 11 is 0. The van der Waals surface area contributed by atoms with E-state index in [-0.39, 0.29) is 16.7 Å². The number of nitro benzene ring substituents is 1. The molecule has 0 spiro atoms. The van der Waals surface area contributed by atoms with Crippen LogP contribution < -0.4 is 5.73 Å². The minimum atomic E-state index is -4.66. The van der Waals surface area contributed by atoms with Gasteiger partial charge in [0.05, 0.1) is 16.1 Å². The number of primary amides is 1. The topological polar surface area (TPSA) is 86.2 Å². The molecule has 0 atom stereocenters. The molecule has 5 nitrogen and oxygen atoms in total. The van der Waals surface area contributed by atoms with E-state index in [1.54, 1.807) is 0 Å². The first kappa shape index (κ1) is 15.5. The molecule has 0 fully saturated rings. The number of alkyl halides is 3. The Morgan fingerprint density at radius 3 is 2.27 bits per heavy atom. The van der Waals surface area contributed by atoms with Gasteiger partial charge in [-0.05, 0) is 18.2 Å². The number of carbonyl (C=O) groups is 1. The minimum Gasteiger partial charge on any atom is -0.366 e. The van der Waals surface area contributed by atoms with E-state index in [1.165, 1.54) is 12.1 Å². The molecule has 0 bridgehead atoms. The van der Waals surface area contributed by atoms with Crippen molar-refractivity contribution in [1.82, 2.24) is 0 Å². The maximum Gasteiger partial charge on any atom is 0.417 e. The van der Waals surface area contributed by atoms with Gasteiger partial charge in [-0.3, -0.25) is 14.9 Å². The van der Waals surface area contributed by atoms with Gasteiger partial charge in [-0.1, -0.05) is 18.2 Å². The monoisotopic (exact) mass is 310 g/mol. The van der Waals surface area contributed by atoms with Crippen LogP contribution in [0.4, 0.5) is 18.9 Å². The second-order valence-corrected chi connectivity index (χ2v) is 4.40. The Balaban J connectivity index is 2.73. The number of nitro groups is 1. The van der Waals surface area contributed by atoms with Gasteiger partial charge in [0.15, 0.2) is 0 Å². The Morgan fingerprint density at radius 1 is 1.09 bits per heavy atom. The van der Waals surface area contributed by atoms with Crippen molar-refractivity contribution in [3.63, 3.8) is 0 Å². The molecule has 0 aliphatic rings. The van der Waals surface area contributed by atoms with Crippen LogP contribution in [0.5, 0.6) is 0 Å². The van der Waals surface area contributed by atoms with Crippen molar-refractivity contribution >= 4 is 11.6 Å². The van der Waals surface area contributed by atoms with Crippen molar-refractivity contribution in [3.05, 3.63) is 63.7 Å². The number of nitrogens with zero attached hydrogens (tertiary/aromatic N) is 1. The van der Waals surface area contributed by atoms with Crippen molar-refractivity contribution in [1.29, 1.82) is 0 Å². The highest BCUT2D eigenvalue weighted by atomic mass is 19.4. The lowest BCUT2D eigenvalue weighted by Crippen LogP contribution is -2.12. The molecule has 2 rings (SSSR count). The van der Waals surface area contributed by atoms with Crippen LogP contribution in [0.3, 0.4) is 0 Å². The van der Waals surface area contributed by atoms with Gasteiger partial charge in [0, 0.05) is 17.2 Å². The van der Waals surface area contributed by atoms with Crippen molar-refractivity contribution < 1.29 is 22.9 Å². The third-order valence-corrected chi connectivity index (χ3v) is 3.00. The van der Waals surface area contributed by atoms with Crippen molar-refractivity contribution in [2.24, 2.45) is 5.73 Å². The molecule has 0 heterocycles. The molecule has 0 aliphatic carbocycles. The number of hydrogen-bond donors (Lipinski definition) is 1. The summed E-state index contributed by atoms with van der Waals surface area (Å²) in [4.78, 5) is 21.3. The summed E-state index contributed by atoms with van der Waals surface area (Å²) in [5.74, 6) is -0.904. The van der Waals surface area contributed by atoms with Crippen LogP contribution in [0.25, 0.3) is 11.1 Å². The van der Waals surface area contributed by atoms with Gasteiger partial charge in [0.1, 0.15) is 0 Å². The highest BCUT2D eigenvalue weighted by molar-refractivity contribution is 5.95. The number of benzene rings is 2. The van der Waals surface area contributed by atoms with Crippen molar-refractivity contribution in [2.45, 2.75) is 6.18 Å². The van der Waals surface area contributed by atoms with Crippen LogP contribution in [-0.2, 0) is 6.18 Å². The first-order chi connectivity index (χ1) is 10.2. The standard InChI is InChI=1S/C14H9F3N2O3/c15-14(16,17)11-4-2-1-3-9(11)10-6-5-8(13(18)20)7-12(10)19(21)22/h1-7H,(H2,18,20). The average molecular weight is 310 g/mol. The lowest BCUT2D eigenvalue weighted by Gasteiger charge is -2.13. The molecular formula is C14H9F3N2O3. The molecule has 2 aromatic rings. The lowest BCUT2D eigenvalue weighted by atomic mass is 9.96. The molecular weight excluding hydrogens is 301 g/mol. The molecule has 0 aliphatic heterocycles. The SMILES string of the molecule is NC(=O)c1ccc(-c2ccccc2C(F)(F)F)c([N+](=O)[O-])c1. The fraction of sp³-hybridized carbons (Fsp3) is 0.0714. The van der Waals surface area contributed by atoms with E-state index in [9.17, 15) is 28.1 Å². The first-order valence-corrected chi connectivity index (χ1v) is 5.96. The molecule has 0 radical (unpaired) electrons. The average Bonchev–Trinajstić information content (AvgIpc) is 2.45. The van der Waals surface area contributed by atoms with Crippen LogP contribution in [0.2, 0.25) is 0 Å². The number of nitrogens with two attached hydrogens (primary N) is 1. The molecule has 8 heteroatoms. The largest absolute Gasteiger partial charge is 0.417 e. The zero-order chi connectivity index (χ0) is 16.5. The Kier molecular flexibility index (Phi) is 3.85. The van der Waals surface area contributed by atoms with E-state index in [2.05, 4.69) is 0 Å². The maximum absolute atomic E-state index is 13.0. The van der Waals surface area contributed by atoms with E-state index in [0.717, 1.165) is 30.3 Å². The van der Waals surface area contributed by atoms with Gasteiger partial charge < -0.3 is 5.73 Å². The molecule has 114 valence electrons. The number of hydrogen-bond acceptors (Lipinski definition) is 3. The number of halogens is 3. The molecule has 0 aromatic heterocycles. The Labute approximate surface area is 122 Å². The van der Waals surface area contributed by atoms with E-state index in [1.807, 2.05) is 0 Å². The summed E-state index contributed by atoms with van der Waals surface area (Å²) in [6.45, 7) is 0. The van der Waals surface area contributed by atoms with Crippen LogP contribution >= 0.6 is 0 Å². The first-order valence-electron chi connectivity index (χ1n) is 5.96. The predicted octanol–water partition coefficient (Wildman–Crippen LogP) is 3.38. The Bertz CT molecular complexity index is 757. The highest BCUT2D eigenvalue weighted by Crippen LogP contribution is 2.40. The van der Waals surface area contributed by atoms with Crippen LogP contribution in [0, 0.1) is 10.1 Å². The summed E-state index contributed by atoms with van der Waals surface area (Å²) in [5.41, 5.74) is 2.69. The second kappa shape index (κ2) is 5.47. The predicted molar refractivity (Wildman–Crippen MR) is 72.1 cm³/mol. The third-order valence-electron chi connectivity index (χ3n) is 3.00. The number of rotatable bonds is 3. The molecule has 2 N–H and O–H groups in total. The molecule has 0 unspecified atom stereocenters. The summed E-state index contributed by atoms with van der Waals surface area (Å²) in [6.07, 6.45) is -4.66. The van der Waals surface area contributed by atoms with Crippen LogP contribution in [0.1, 0.15) is 15.9 Å². The second-order valence-electron chi connectivity index (χ2n) is 4.40. The van der Waals surface area contributed by atoms with Gasteiger partial charge >= 0.3 is 6.18 Å². The number of carbonyl (C=O) groups excluding carboxylic acids is 1. The van der Waals surface area contributed by atoms with Gasteiger partial charge in [-0.15, -0.1) is 0 Å². The van der Waals surface area contributed by atoms with Crippen LogP contribution in [0.15, 0.2) is 42.5 Å². The molecule has 0 saturated heterocycles. The zero-order valence-corrected chi connectivity index (χ0v) is 10.9. The quantitative estimate of drug-likeness (QED) is 0.696. The zero-order valence-electron chi connectivity index (χ0n) is 10.9. The van der Waals surface area contributed by atoms with Gasteiger partial charge in [0.2, 0.25) is 5.91 Å². The van der Waals surface area contributed by atoms with Gasteiger partial charge in [-0.25, -0.2) is 0 Å². The van der Waals surface area contributed by atoms with Gasteiger partial charge in [-0.2, -0.15) is 13.2 Å². The molecule has 1 amide bonds. The Hall–Kier alpha value is -2.90. The van der Waals surface area contributed by atoms with E-state index < -0.39 is 28.3 Å². The fourth-order valence-corrected chi connectivity index (χ4v) is 2.03. The minimum absolute atomic E-state index is 0.153. The molecule has 2 aromatic carbocycles.